The number of aromatic nitrogens is 4. The van der Waals surface area contributed by atoms with Crippen LogP contribution in [0.3, 0.4) is 0 Å². The molecule has 2 aromatic heterocycles. The van der Waals surface area contributed by atoms with Crippen molar-refractivity contribution in [3.05, 3.63) is 42.0 Å². The predicted molar refractivity (Wildman–Crippen MR) is 74.7 cm³/mol. The van der Waals surface area contributed by atoms with Gasteiger partial charge in [-0.15, -0.1) is 5.10 Å². The van der Waals surface area contributed by atoms with Gasteiger partial charge in [-0.25, -0.2) is 4.68 Å². The highest BCUT2D eigenvalue weighted by atomic mass is 15.4. The largest absolute Gasteiger partial charge is 0.311 e. The third-order valence-electron chi connectivity index (χ3n) is 2.87. The maximum absolute atomic E-state index is 4.17. The maximum atomic E-state index is 4.17. The van der Waals surface area contributed by atoms with E-state index in [1.54, 1.807) is 0 Å². The lowest BCUT2D eigenvalue weighted by molar-refractivity contribution is 0.347. The van der Waals surface area contributed by atoms with Gasteiger partial charge in [-0.3, -0.25) is 4.98 Å². The van der Waals surface area contributed by atoms with Crippen LogP contribution < -0.4 is 5.32 Å². The van der Waals surface area contributed by atoms with Crippen molar-refractivity contribution in [2.24, 2.45) is 0 Å². The molecule has 2 aromatic rings. The Kier molecular flexibility index (Phi) is 4.27. The molecule has 0 atom stereocenters. The highest BCUT2D eigenvalue weighted by molar-refractivity contribution is 5.09. The fraction of sp³-hybridized carbons (Fsp3) is 0.500. The second kappa shape index (κ2) is 5.93. The van der Waals surface area contributed by atoms with Crippen molar-refractivity contribution >= 4 is 0 Å². The average molecular weight is 259 g/mol. The molecule has 0 bridgehead atoms. The molecule has 102 valence electrons. The molecule has 0 aromatic carbocycles. The molecule has 0 aliphatic heterocycles. The molecule has 0 aliphatic rings. The van der Waals surface area contributed by atoms with Crippen molar-refractivity contribution < 1.29 is 0 Å². The van der Waals surface area contributed by atoms with Crippen molar-refractivity contribution in [2.75, 3.05) is 6.54 Å². The van der Waals surface area contributed by atoms with E-state index in [-0.39, 0.29) is 5.54 Å². The van der Waals surface area contributed by atoms with E-state index in [1.807, 2.05) is 35.4 Å². The van der Waals surface area contributed by atoms with Gasteiger partial charge in [0.05, 0.1) is 17.4 Å². The molecule has 5 nitrogen and oxygen atoms in total. The number of nitrogens with one attached hydrogen (secondary N) is 1. The van der Waals surface area contributed by atoms with E-state index in [0.717, 1.165) is 25.2 Å². The molecule has 0 saturated carbocycles. The fourth-order valence-electron chi connectivity index (χ4n) is 1.71. The van der Waals surface area contributed by atoms with Crippen LogP contribution in [0.5, 0.6) is 0 Å². The Morgan fingerprint density at radius 1 is 1.21 bits per heavy atom. The summed E-state index contributed by atoms with van der Waals surface area (Å²) in [5, 5.41) is 11.7. The van der Waals surface area contributed by atoms with Crippen molar-refractivity contribution in [3.8, 4) is 0 Å². The minimum absolute atomic E-state index is 0.0116. The van der Waals surface area contributed by atoms with Gasteiger partial charge in [-0.05, 0) is 51.4 Å². The summed E-state index contributed by atoms with van der Waals surface area (Å²) in [6, 6.07) is 4.08. The second-order valence-corrected chi connectivity index (χ2v) is 5.61. The van der Waals surface area contributed by atoms with E-state index in [2.05, 4.69) is 41.4 Å². The summed E-state index contributed by atoms with van der Waals surface area (Å²) in [7, 11) is 0. The Labute approximate surface area is 114 Å². The van der Waals surface area contributed by atoms with E-state index < -0.39 is 0 Å². The lowest BCUT2D eigenvalue weighted by Gasteiger charge is -2.17. The normalized spacial score (nSPS) is 11.7. The Hall–Kier alpha value is -1.75. The zero-order chi connectivity index (χ0) is 13.7. The van der Waals surface area contributed by atoms with E-state index >= 15 is 0 Å². The van der Waals surface area contributed by atoms with Crippen molar-refractivity contribution in [3.63, 3.8) is 0 Å². The topological polar surface area (TPSA) is 55.6 Å². The van der Waals surface area contributed by atoms with Crippen LogP contribution in [0.15, 0.2) is 30.7 Å². The van der Waals surface area contributed by atoms with Gasteiger partial charge in [0.2, 0.25) is 0 Å². The van der Waals surface area contributed by atoms with Crippen molar-refractivity contribution in [1.82, 2.24) is 25.3 Å². The third kappa shape index (κ3) is 4.13. The van der Waals surface area contributed by atoms with E-state index in [1.165, 1.54) is 5.56 Å². The summed E-state index contributed by atoms with van der Waals surface area (Å²) < 4.78 is 1.90. The molecule has 0 spiro atoms. The number of nitrogens with zero attached hydrogens (tertiary/aromatic N) is 4. The zero-order valence-corrected chi connectivity index (χ0v) is 11.8. The molecule has 2 rings (SSSR count). The van der Waals surface area contributed by atoms with Gasteiger partial charge >= 0.3 is 0 Å². The Morgan fingerprint density at radius 3 is 2.58 bits per heavy atom. The molecule has 0 aliphatic carbocycles. The zero-order valence-electron chi connectivity index (χ0n) is 11.8. The molecule has 19 heavy (non-hydrogen) atoms. The fourth-order valence-corrected chi connectivity index (χ4v) is 1.71. The van der Waals surface area contributed by atoms with Gasteiger partial charge in [0.25, 0.3) is 0 Å². The summed E-state index contributed by atoms with van der Waals surface area (Å²) in [4.78, 5) is 4.01. The van der Waals surface area contributed by atoms with Crippen LogP contribution in [0.2, 0.25) is 0 Å². The molecule has 1 N–H and O–H groups in total. The third-order valence-corrected chi connectivity index (χ3v) is 2.87. The molecular formula is C14H21N5. The van der Waals surface area contributed by atoms with Crippen molar-refractivity contribution in [1.29, 1.82) is 0 Å². The average Bonchev–Trinajstić information content (AvgIpc) is 2.85. The number of hydrogen-bond donors (Lipinski definition) is 1. The molecule has 0 amide bonds. The van der Waals surface area contributed by atoms with Crippen LogP contribution in [0.4, 0.5) is 0 Å². The number of hydrogen-bond acceptors (Lipinski definition) is 4. The SMILES string of the molecule is CC(C)(C)n1cc(CNCCc2ccncc2)nn1. The standard InChI is InChI=1S/C14H21N5/c1-14(2,3)19-11-13(17-18-19)10-16-9-6-12-4-7-15-8-5-12/h4-5,7-8,11,16H,6,9-10H2,1-3H3. The summed E-state index contributed by atoms with van der Waals surface area (Å²) in [5.74, 6) is 0. The van der Waals surface area contributed by atoms with E-state index in [0.29, 0.717) is 0 Å². The van der Waals surface area contributed by atoms with Gasteiger partial charge in [0.1, 0.15) is 0 Å². The minimum atomic E-state index is -0.0116. The smallest absolute Gasteiger partial charge is 0.0965 e. The predicted octanol–water partition coefficient (Wildman–Crippen LogP) is 1.76. The van der Waals surface area contributed by atoms with Crippen LogP contribution in [0.25, 0.3) is 0 Å². The molecule has 0 radical (unpaired) electrons. The van der Waals surface area contributed by atoms with Gasteiger partial charge in [0.15, 0.2) is 0 Å². The number of pyridine rings is 1. The highest BCUT2D eigenvalue weighted by Crippen LogP contribution is 2.11. The summed E-state index contributed by atoms with van der Waals surface area (Å²) >= 11 is 0. The van der Waals surface area contributed by atoms with E-state index in [9.17, 15) is 0 Å². The van der Waals surface area contributed by atoms with Crippen LogP contribution in [0, 0.1) is 0 Å². The Morgan fingerprint density at radius 2 is 1.95 bits per heavy atom. The lowest BCUT2D eigenvalue weighted by Crippen LogP contribution is -2.22. The minimum Gasteiger partial charge on any atom is -0.311 e. The van der Waals surface area contributed by atoms with E-state index in [4.69, 9.17) is 0 Å². The van der Waals surface area contributed by atoms with Gasteiger partial charge in [-0.2, -0.15) is 0 Å². The molecule has 0 unspecified atom stereocenters. The molecule has 5 heteroatoms. The van der Waals surface area contributed by atoms with Gasteiger partial charge < -0.3 is 5.32 Å². The molecule has 0 saturated heterocycles. The Bertz CT molecular complexity index is 498. The van der Waals surface area contributed by atoms with Crippen LogP contribution in [-0.4, -0.2) is 26.5 Å². The summed E-state index contributed by atoms with van der Waals surface area (Å²) in [6.07, 6.45) is 6.64. The summed E-state index contributed by atoms with van der Waals surface area (Å²) in [6.45, 7) is 8.01. The molecular weight excluding hydrogens is 238 g/mol. The first-order chi connectivity index (χ1) is 9.05. The summed E-state index contributed by atoms with van der Waals surface area (Å²) in [5.41, 5.74) is 2.26. The first-order valence-electron chi connectivity index (χ1n) is 6.57. The molecule has 2 heterocycles. The second-order valence-electron chi connectivity index (χ2n) is 5.61. The van der Waals surface area contributed by atoms with Gasteiger partial charge in [0, 0.05) is 18.9 Å². The maximum Gasteiger partial charge on any atom is 0.0965 e. The van der Waals surface area contributed by atoms with Crippen LogP contribution in [0.1, 0.15) is 32.0 Å². The Balaban J connectivity index is 1.76. The molecule has 0 fully saturated rings. The lowest BCUT2D eigenvalue weighted by atomic mass is 10.1. The van der Waals surface area contributed by atoms with Crippen LogP contribution in [-0.2, 0) is 18.5 Å². The monoisotopic (exact) mass is 259 g/mol. The quantitative estimate of drug-likeness (QED) is 0.831. The first kappa shape index (κ1) is 13.7. The van der Waals surface area contributed by atoms with Gasteiger partial charge in [-0.1, -0.05) is 5.21 Å². The van der Waals surface area contributed by atoms with Crippen LogP contribution >= 0.6 is 0 Å². The first-order valence-corrected chi connectivity index (χ1v) is 6.57. The highest BCUT2D eigenvalue weighted by Gasteiger charge is 2.14. The van der Waals surface area contributed by atoms with Crippen molar-refractivity contribution in [2.45, 2.75) is 39.3 Å². The number of rotatable bonds is 5.